The van der Waals surface area contributed by atoms with Crippen molar-refractivity contribution in [3.8, 4) is 5.75 Å². The Kier molecular flexibility index (Phi) is 4.77. The largest absolute Gasteiger partial charge is 0.496 e. The molecule has 1 saturated heterocycles. The van der Waals surface area contributed by atoms with E-state index in [2.05, 4.69) is 16.8 Å². The minimum Gasteiger partial charge on any atom is -0.496 e. The van der Waals surface area contributed by atoms with Gasteiger partial charge in [-0.05, 0) is 45.7 Å². The first-order valence-corrected chi connectivity index (χ1v) is 7.07. The quantitative estimate of drug-likeness (QED) is 0.901. The van der Waals surface area contributed by atoms with Crippen LogP contribution >= 0.6 is 0 Å². The molecule has 1 aliphatic rings. The highest BCUT2D eigenvalue weighted by Gasteiger charge is 2.20. The lowest BCUT2D eigenvalue weighted by Gasteiger charge is -2.32. The van der Waals surface area contributed by atoms with Crippen LogP contribution in [0.3, 0.4) is 0 Å². The van der Waals surface area contributed by atoms with E-state index in [4.69, 9.17) is 10.5 Å². The van der Waals surface area contributed by atoms with Gasteiger partial charge in [0.2, 0.25) is 0 Å². The third-order valence-corrected chi connectivity index (χ3v) is 4.06. The summed E-state index contributed by atoms with van der Waals surface area (Å²) in [5, 5.41) is 0. The fourth-order valence-corrected chi connectivity index (χ4v) is 2.93. The predicted octanol–water partition coefficient (Wildman–Crippen LogP) is 1.88. The molecular weight excluding hydrogens is 238 g/mol. The number of nitrogens with two attached hydrogens (primary N) is 1. The van der Waals surface area contributed by atoms with Gasteiger partial charge in [-0.3, -0.25) is 9.88 Å². The zero-order valence-corrected chi connectivity index (χ0v) is 12.3. The molecule has 4 heteroatoms. The summed E-state index contributed by atoms with van der Waals surface area (Å²) in [5.41, 5.74) is 9.18. The van der Waals surface area contributed by atoms with Crippen LogP contribution in [0.5, 0.6) is 5.75 Å². The van der Waals surface area contributed by atoms with E-state index in [1.54, 1.807) is 7.11 Å². The number of methoxy groups -OCH3 is 1. The van der Waals surface area contributed by atoms with Crippen molar-refractivity contribution >= 4 is 0 Å². The average molecular weight is 263 g/mol. The second-order valence-corrected chi connectivity index (χ2v) is 5.53. The Bertz CT molecular complexity index is 434. The van der Waals surface area contributed by atoms with Gasteiger partial charge < -0.3 is 10.5 Å². The van der Waals surface area contributed by atoms with Gasteiger partial charge in [-0.2, -0.15) is 0 Å². The zero-order chi connectivity index (χ0) is 13.8. The second kappa shape index (κ2) is 6.35. The van der Waals surface area contributed by atoms with Crippen molar-refractivity contribution in [3.05, 3.63) is 23.0 Å². The highest BCUT2D eigenvalue weighted by Crippen LogP contribution is 2.26. The number of ether oxygens (including phenoxy) is 1. The van der Waals surface area contributed by atoms with Gasteiger partial charge in [-0.15, -0.1) is 0 Å². The van der Waals surface area contributed by atoms with Crippen LogP contribution in [-0.2, 0) is 6.54 Å². The number of hydrogen-bond donors (Lipinski definition) is 1. The molecule has 0 amide bonds. The first-order valence-electron chi connectivity index (χ1n) is 7.07. The number of hydrogen-bond acceptors (Lipinski definition) is 4. The van der Waals surface area contributed by atoms with Gasteiger partial charge >= 0.3 is 0 Å². The first kappa shape index (κ1) is 14.3. The fourth-order valence-electron chi connectivity index (χ4n) is 2.93. The van der Waals surface area contributed by atoms with E-state index < -0.39 is 0 Å². The van der Waals surface area contributed by atoms with E-state index in [0.29, 0.717) is 5.92 Å². The molecule has 1 atom stereocenters. The molecule has 1 aromatic heterocycles. The third kappa shape index (κ3) is 3.25. The van der Waals surface area contributed by atoms with Gasteiger partial charge in [-0.1, -0.05) is 0 Å². The summed E-state index contributed by atoms with van der Waals surface area (Å²) in [7, 11) is 1.73. The SMILES string of the molecule is COc1c(C)cnc(CN2CCCC(CN)C2)c1C. The molecule has 2 rings (SSSR count). The Balaban J connectivity index is 2.10. The van der Waals surface area contributed by atoms with Crippen LogP contribution < -0.4 is 10.5 Å². The number of piperidine rings is 1. The number of nitrogens with zero attached hydrogens (tertiary/aromatic N) is 2. The molecule has 0 bridgehead atoms. The van der Waals surface area contributed by atoms with Crippen LogP contribution in [0.1, 0.15) is 29.7 Å². The third-order valence-electron chi connectivity index (χ3n) is 4.06. The van der Waals surface area contributed by atoms with E-state index in [0.717, 1.165) is 48.7 Å². The summed E-state index contributed by atoms with van der Waals surface area (Å²) >= 11 is 0. The van der Waals surface area contributed by atoms with Crippen LogP contribution in [0.25, 0.3) is 0 Å². The summed E-state index contributed by atoms with van der Waals surface area (Å²) < 4.78 is 5.47. The van der Waals surface area contributed by atoms with Crippen molar-refractivity contribution in [2.75, 3.05) is 26.7 Å². The van der Waals surface area contributed by atoms with Gasteiger partial charge in [0.05, 0.1) is 12.8 Å². The Morgan fingerprint density at radius 1 is 1.47 bits per heavy atom. The smallest absolute Gasteiger partial charge is 0.128 e. The molecule has 0 saturated carbocycles. The molecule has 0 radical (unpaired) electrons. The molecule has 19 heavy (non-hydrogen) atoms. The number of likely N-dealkylation sites (tertiary alicyclic amines) is 1. The lowest BCUT2D eigenvalue weighted by Crippen LogP contribution is -2.38. The number of aromatic nitrogens is 1. The molecule has 2 N–H and O–H groups in total. The van der Waals surface area contributed by atoms with Crippen molar-refractivity contribution in [1.29, 1.82) is 0 Å². The van der Waals surface area contributed by atoms with Crippen LogP contribution in [0, 0.1) is 19.8 Å². The Labute approximate surface area is 116 Å². The van der Waals surface area contributed by atoms with Crippen LogP contribution in [0.2, 0.25) is 0 Å². The highest BCUT2D eigenvalue weighted by atomic mass is 16.5. The topological polar surface area (TPSA) is 51.4 Å². The summed E-state index contributed by atoms with van der Waals surface area (Å²) in [6, 6.07) is 0. The van der Waals surface area contributed by atoms with E-state index in [9.17, 15) is 0 Å². The lowest BCUT2D eigenvalue weighted by atomic mass is 9.98. The maximum absolute atomic E-state index is 5.79. The van der Waals surface area contributed by atoms with Crippen LogP contribution in [0.4, 0.5) is 0 Å². The van der Waals surface area contributed by atoms with Gasteiger partial charge in [0, 0.05) is 30.4 Å². The Morgan fingerprint density at radius 3 is 2.95 bits per heavy atom. The van der Waals surface area contributed by atoms with E-state index >= 15 is 0 Å². The van der Waals surface area contributed by atoms with Gasteiger partial charge in [0.1, 0.15) is 5.75 Å². The second-order valence-electron chi connectivity index (χ2n) is 5.53. The summed E-state index contributed by atoms with van der Waals surface area (Å²) in [6.45, 7) is 8.06. The summed E-state index contributed by atoms with van der Waals surface area (Å²) in [4.78, 5) is 7.04. The number of aryl methyl sites for hydroxylation is 1. The first-order chi connectivity index (χ1) is 9.15. The van der Waals surface area contributed by atoms with Crippen molar-refractivity contribution < 1.29 is 4.74 Å². The summed E-state index contributed by atoms with van der Waals surface area (Å²) in [5.74, 6) is 1.61. The summed E-state index contributed by atoms with van der Waals surface area (Å²) in [6.07, 6.45) is 4.41. The van der Waals surface area contributed by atoms with E-state index in [1.807, 2.05) is 13.1 Å². The van der Waals surface area contributed by atoms with Gasteiger partial charge in [-0.25, -0.2) is 0 Å². The molecule has 0 aliphatic carbocycles. The van der Waals surface area contributed by atoms with Crippen molar-refractivity contribution in [3.63, 3.8) is 0 Å². The van der Waals surface area contributed by atoms with Gasteiger partial charge in [0.15, 0.2) is 0 Å². The zero-order valence-electron chi connectivity index (χ0n) is 12.3. The Hall–Kier alpha value is -1.13. The Morgan fingerprint density at radius 2 is 2.26 bits per heavy atom. The highest BCUT2D eigenvalue weighted by molar-refractivity contribution is 5.41. The molecular formula is C15H25N3O. The maximum Gasteiger partial charge on any atom is 0.128 e. The number of pyridine rings is 1. The van der Waals surface area contributed by atoms with Crippen LogP contribution in [-0.4, -0.2) is 36.6 Å². The van der Waals surface area contributed by atoms with E-state index in [1.165, 1.54) is 12.8 Å². The maximum atomic E-state index is 5.79. The fraction of sp³-hybridized carbons (Fsp3) is 0.667. The lowest BCUT2D eigenvalue weighted by molar-refractivity contribution is 0.169. The molecule has 1 unspecified atom stereocenters. The van der Waals surface area contributed by atoms with Crippen LogP contribution in [0.15, 0.2) is 6.20 Å². The molecule has 1 aliphatic heterocycles. The molecule has 0 aromatic carbocycles. The van der Waals surface area contributed by atoms with Crippen molar-refractivity contribution in [2.45, 2.75) is 33.2 Å². The average Bonchev–Trinajstić information content (AvgIpc) is 2.43. The molecule has 2 heterocycles. The van der Waals surface area contributed by atoms with Crippen molar-refractivity contribution in [2.24, 2.45) is 11.7 Å². The van der Waals surface area contributed by atoms with Gasteiger partial charge in [0.25, 0.3) is 0 Å². The standard InChI is InChI=1S/C15H25N3O/c1-11-8-17-14(12(2)15(11)19-3)10-18-6-4-5-13(7-16)9-18/h8,13H,4-7,9-10,16H2,1-3H3. The minimum absolute atomic E-state index is 0.640. The molecule has 1 aromatic rings. The van der Waals surface area contributed by atoms with Crippen molar-refractivity contribution in [1.82, 2.24) is 9.88 Å². The molecule has 106 valence electrons. The molecule has 4 nitrogen and oxygen atoms in total. The number of rotatable bonds is 4. The van der Waals surface area contributed by atoms with E-state index in [-0.39, 0.29) is 0 Å². The minimum atomic E-state index is 0.640. The monoisotopic (exact) mass is 263 g/mol. The molecule has 0 spiro atoms. The predicted molar refractivity (Wildman–Crippen MR) is 77.3 cm³/mol. The molecule has 1 fully saturated rings. The normalized spacial score (nSPS) is 20.5.